The van der Waals surface area contributed by atoms with Gasteiger partial charge in [0.05, 0.1) is 0 Å². The van der Waals surface area contributed by atoms with Gasteiger partial charge in [0.1, 0.15) is 0 Å². The van der Waals surface area contributed by atoms with Gasteiger partial charge in [-0.25, -0.2) is 0 Å². The van der Waals surface area contributed by atoms with E-state index < -0.39 is 0 Å². The minimum Gasteiger partial charge on any atom is -0.339 e. The van der Waals surface area contributed by atoms with Gasteiger partial charge < -0.3 is 15.1 Å². The maximum Gasteiger partial charge on any atom is 0.254 e. The normalized spacial score (nSPS) is 16.3. The molecule has 1 aliphatic rings. The smallest absolute Gasteiger partial charge is 0.254 e. The lowest BCUT2D eigenvalue weighted by molar-refractivity contribution is 0.0677. The molecule has 1 aromatic carbocycles. The van der Waals surface area contributed by atoms with Crippen molar-refractivity contribution in [3.63, 3.8) is 0 Å². The first-order valence-electron chi connectivity index (χ1n) is 8.28. The Bertz CT molecular complexity index is 479. The van der Waals surface area contributed by atoms with Gasteiger partial charge in [0.25, 0.3) is 5.91 Å². The summed E-state index contributed by atoms with van der Waals surface area (Å²) in [5, 5.41) is 3.16. The van der Waals surface area contributed by atoms with Gasteiger partial charge in [-0.3, -0.25) is 4.79 Å². The molecule has 1 aliphatic heterocycles. The number of amides is 1. The SMILES string of the molecule is CNCCc1ccccc1C(=O)N1CCC(CN(C)C)CC1. The lowest BCUT2D eigenvalue weighted by Gasteiger charge is -2.33. The van der Waals surface area contributed by atoms with Gasteiger partial charge in [-0.1, -0.05) is 18.2 Å². The van der Waals surface area contributed by atoms with Gasteiger partial charge >= 0.3 is 0 Å². The molecule has 1 heterocycles. The second-order valence-corrected chi connectivity index (χ2v) is 6.51. The number of likely N-dealkylation sites (N-methyl/N-ethyl adjacent to an activating group) is 1. The summed E-state index contributed by atoms with van der Waals surface area (Å²) >= 11 is 0. The third-order valence-electron chi connectivity index (χ3n) is 4.42. The predicted octanol–water partition coefficient (Wildman–Crippen LogP) is 1.86. The van der Waals surface area contributed by atoms with Crippen LogP contribution in [0.1, 0.15) is 28.8 Å². The minimum absolute atomic E-state index is 0.204. The number of nitrogens with one attached hydrogen (secondary N) is 1. The fourth-order valence-corrected chi connectivity index (χ4v) is 3.21. The fraction of sp³-hybridized carbons (Fsp3) is 0.611. The maximum atomic E-state index is 12.8. The Kier molecular flexibility index (Phi) is 6.40. The van der Waals surface area contributed by atoms with Crippen LogP contribution < -0.4 is 5.32 Å². The second-order valence-electron chi connectivity index (χ2n) is 6.51. The van der Waals surface area contributed by atoms with Crippen molar-refractivity contribution < 1.29 is 4.79 Å². The quantitative estimate of drug-likeness (QED) is 0.871. The molecule has 0 aromatic heterocycles. The molecule has 4 heteroatoms. The summed E-state index contributed by atoms with van der Waals surface area (Å²) in [5.74, 6) is 0.925. The van der Waals surface area contributed by atoms with Crippen LogP contribution in [0.5, 0.6) is 0 Å². The van der Waals surface area contributed by atoms with E-state index in [0.29, 0.717) is 0 Å². The molecule has 0 saturated carbocycles. The van der Waals surface area contributed by atoms with Gasteiger partial charge in [0, 0.05) is 25.2 Å². The predicted molar refractivity (Wildman–Crippen MR) is 91.3 cm³/mol. The molecule has 1 aromatic rings. The average molecular weight is 303 g/mol. The summed E-state index contributed by atoms with van der Waals surface area (Å²) in [6.45, 7) is 3.80. The summed E-state index contributed by atoms with van der Waals surface area (Å²) in [4.78, 5) is 17.1. The van der Waals surface area contributed by atoms with E-state index in [0.717, 1.165) is 62.5 Å². The number of benzene rings is 1. The van der Waals surface area contributed by atoms with Crippen molar-refractivity contribution in [2.24, 2.45) is 5.92 Å². The zero-order valence-corrected chi connectivity index (χ0v) is 14.1. The van der Waals surface area contributed by atoms with Crippen molar-refractivity contribution in [3.05, 3.63) is 35.4 Å². The molecule has 1 amide bonds. The van der Waals surface area contributed by atoms with Gasteiger partial charge in [-0.2, -0.15) is 0 Å². The van der Waals surface area contributed by atoms with Crippen molar-refractivity contribution in [1.82, 2.24) is 15.1 Å². The highest BCUT2D eigenvalue weighted by Gasteiger charge is 2.24. The van der Waals surface area contributed by atoms with Crippen LogP contribution >= 0.6 is 0 Å². The summed E-state index contributed by atoms with van der Waals surface area (Å²) in [6.07, 6.45) is 3.13. The third-order valence-corrected chi connectivity index (χ3v) is 4.42. The van der Waals surface area contributed by atoms with Crippen LogP contribution in [0.15, 0.2) is 24.3 Å². The molecule has 1 fully saturated rings. The first kappa shape index (κ1) is 17.0. The molecule has 0 spiro atoms. The molecule has 1 N–H and O–H groups in total. The maximum absolute atomic E-state index is 12.8. The van der Waals surface area contributed by atoms with Crippen LogP contribution in [-0.2, 0) is 6.42 Å². The Balaban J connectivity index is 1.98. The van der Waals surface area contributed by atoms with E-state index in [9.17, 15) is 4.79 Å². The average Bonchev–Trinajstić information content (AvgIpc) is 2.53. The Labute approximate surface area is 134 Å². The number of hydrogen-bond donors (Lipinski definition) is 1. The van der Waals surface area contributed by atoms with Crippen molar-refractivity contribution in [2.75, 3.05) is 47.3 Å². The van der Waals surface area contributed by atoms with Crippen LogP contribution in [0.2, 0.25) is 0 Å². The van der Waals surface area contributed by atoms with E-state index in [1.807, 2.05) is 30.1 Å². The van der Waals surface area contributed by atoms with Crippen molar-refractivity contribution in [1.29, 1.82) is 0 Å². The van der Waals surface area contributed by atoms with Gasteiger partial charge in [0.2, 0.25) is 0 Å². The summed E-state index contributed by atoms with van der Waals surface area (Å²) in [6, 6.07) is 8.03. The minimum atomic E-state index is 0.204. The number of piperidine rings is 1. The Morgan fingerprint density at radius 3 is 2.59 bits per heavy atom. The molecule has 0 radical (unpaired) electrons. The monoisotopic (exact) mass is 303 g/mol. The Morgan fingerprint density at radius 1 is 1.27 bits per heavy atom. The first-order chi connectivity index (χ1) is 10.6. The van der Waals surface area contributed by atoms with Crippen LogP contribution in [0.3, 0.4) is 0 Å². The topological polar surface area (TPSA) is 35.6 Å². The van der Waals surface area contributed by atoms with E-state index in [1.165, 1.54) is 0 Å². The highest BCUT2D eigenvalue weighted by molar-refractivity contribution is 5.95. The highest BCUT2D eigenvalue weighted by atomic mass is 16.2. The van der Waals surface area contributed by atoms with Crippen molar-refractivity contribution in [2.45, 2.75) is 19.3 Å². The van der Waals surface area contributed by atoms with Gasteiger partial charge in [-0.05, 0) is 64.5 Å². The fourth-order valence-electron chi connectivity index (χ4n) is 3.21. The molecule has 0 bridgehead atoms. The lowest BCUT2D eigenvalue weighted by Crippen LogP contribution is -2.41. The third kappa shape index (κ3) is 4.55. The number of nitrogens with zero attached hydrogens (tertiary/aromatic N) is 2. The van der Waals surface area contributed by atoms with Crippen molar-refractivity contribution >= 4 is 5.91 Å². The van der Waals surface area contributed by atoms with Crippen LogP contribution in [-0.4, -0.2) is 63.0 Å². The molecule has 22 heavy (non-hydrogen) atoms. The van der Waals surface area contributed by atoms with Gasteiger partial charge in [-0.15, -0.1) is 0 Å². The van der Waals surface area contributed by atoms with E-state index in [4.69, 9.17) is 0 Å². The van der Waals surface area contributed by atoms with Crippen LogP contribution in [0, 0.1) is 5.92 Å². The second kappa shape index (κ2) is 8.30. The number of carbonyl (C=O) groups is 1. The van der Waals surface area contributed by atoms with Crippen LogP contribution in [0.4, 0.5) is 0 Å². The van der Waals surface area contributed by atoms with E-state index in [1.54, 1.807) is 0 Å². The number of likely N-dealkylation sites (tertiary alicyclic amines) is 1. The Morgan fingerprint density at radius 2 is 1.95 bits per heavy atom. The van der Waals surface area contributed by atoms with Crippen LogP contribution in [0.25, 0.3) is 0 Å². The summed E-state index contributed by atoms with van der Waals surface area (Å²) in [5.41, 5.74) is 2.03. The molecule has 2 rings (SSSR count). The molecule has 1 saturated heterocycles. The largest absolute Gasteiger partial charge is 0.339 e. The molecule has 0 aliphatic carbocycles. The zero-order chi connectivity index (χ0) is 15.9. The van der Waals surface area contributed by atoms with E-state index in [-0.39, 0.29) is 5.91 Å². The van der Waals surface area contributed by atoms with Gasteiger partial charge in [0.15, 0.2) is 0 Å². The molecule has 0 atom stereocenters. The summed E-state index contributed by atoms with van der Waals surface area (Å²) in [7, 11) is 6.19. The molecule has 4 nitrogen and oxygen atoms in total. The highest BCUT2D eigenvalue weighted by Crippen LogP contribution is 2.21. The standard InChI is InChI=1S/C18H29N3O/c1-19-11-8-16-6-4-5-7-17(16)18(22)21-12-9-15(10-13-21)14-20(2)3/h4-7,15,19H,8-14H2,1-3H3. The molecule has 122 valence electrons. The van der Waals surface area contributed by atoms with Crippen molar-refractivity contribution in [3.8, 4) is 0 Å². The Hall–Kier alpha value is -1.39. The molecular weight excluding hydrogens is 274 g/mol. The number of hydrogen-bond acceptors (Lipinski definition) is 3. The number of rotatable bonds is 6. The van der Waals surface area contributed by atoms with E-state index >= 15 is 0 Å². The molecular formula is C18H29N3O. The van der Waals surface area contributed by atoms with E-state index in [2.05, 4.69) is 30.4 Å². The molecule has 0 unspecified atom stereocenters. The first-order valence-corrected chi connectivity index (χ1v) is 8.28. The number of carbonyl (C=O) groups excluding carboxylic acids is 1. The lowest BCUT2D eigenvalue weighted by atomic mass is 9.95. The summed E-state index contributed by atoms with van der Waals surface area (Å²) < 4.78 is 0. The zero-order valence-electron chi connectivity index (χ0n) is 14.1.